The number of hydrogen-bond acceptors (Lipinski definition) is 7. The Labute approximate surface area is 165 Å². The maximum atomic E-state index is 8.52. The summed E-state index contributed by atoms with van der Waals surface area (Å²) in [4.78, 5) is 8.33. The van der Waals surface area contributed by atoms with Crippen molar-refractivity contribution in [3.8, 4) is 0 Å². The van der Waals surface area contributed by atoms with Crippen LogP contribution in [0.1, 0.15) is 0 Å². The number of carbonyl (C=O) groups is 1. The topological polar surface area (TPSA) is 200 Å². The molecule has 13 heteroatoms. The Balaban J connectivity index is -0.0000000104. The van der Waals surface area contributed by atoms with Gasteiger partial charge in [0.2, 0.25) is 0 Å². The van der Waals surface area contributed by atoms with Crippen molar-refractivity contribution >= 4 is 103 Å². The quantitative estimate of drug-likeness (QED) is 0.215. The molecule has 0 radical (unpaired) electrons. The Kier molecular flexibility index (Phi) is 77.4. The number of carboxylic acid groups (broad SMARTS) is 2. The van der Waals surface area contributed by atoms with E-state index < -0.39 is 16.6 Å². The van der Waals surface area contributed by atoms with Gasteiger partial charge in [-0.15, -0.1) is 0 Å². The van der Waals surface area contributed by atoms with E-state index in [2.05, 4.69) is 0 Å². The van der Waals surface area contributed by atoms with Gasteiger partial charge in [-0.25, -0.2) is 0 Å². The van der Waals surface area contributed by atoms with Crippen LogP contribution in [0.2, 0.25) is 0 Å². The molecule has 0 amide bonds. The standard InChI is InChI=1S/CH2O3.Ba.Ca.H2O4S.2O.Ti/c2-1(3)4;;;1-5(2,3)4;;;/h(H2,2,3,4);;;(H2,1,2,3,4);;;/q;2*+2;;2*-2;+4/p-4. The zero-order valence-electron chi connectivity index (χ0n) is 6.50. The second-order valence-electron chi connectivity index (χ2n) is 0.658. The second kappa shape index (κ2) is 24.7. The molecule has 0 N–H and O–H groups in total. The van der Waals surface area contributed by atoms with Crippen molar-refractivity contribution in [2.45, 2.75) is 0 Å². The molecule has 0 aromatic carbocycles. The summed E-state index contributed by atoms with van der Waals surface area (Å²) in [5.41, 5.74) is 0. The van der Waals surface area contributed by atoms with Crippen molar-refractivity contribution < 1.29 is 65.2 Å². The van der Waals surface area contributed by atoms with Crippen LogP contribution in [0.3, 0.4) is 0 Å². The van der Waals surface area contributed by atoms with Crippen LogP contribution in [0.4, 0.5) is 4.79 Å². The van der Waals surface area contributed by atoms with Crippen LogP contribution in [0.5, 0.6) is 0 Å². The zero-order valence-corrected chi connectivity index (χ0v) is 15.5. The van der Waals surface area contributed by atoms with Crippen LogP contribution in [0.15, 0.2) is 0 Å². The van der Waals surface area contributed by atoms with Crippen molar-refractivity contribution in [3.05, 3.63) is 0 Å². The van der Waals surface area contributed by atoms with E-state index in [0.29, 0.717) is 0 Å². The molecule has 0 saturated carbocycles. The molecule has 72 valence electrons. The number of rotatable bonds is 0. The molecule has 14 heavy (non-hydrogen) atoms. The first-order valence-electron chi connectivity index (χ1n) is 1.28. The Hall–Kier alpha value is 2.61. The van der Waals surface area contributed by atoms with Gasteiger partial charge in [0.05, 0.1) is 0 Å². The maximum Gasteiger partial charge on any atom is 4.00 e. The Bertz CT molecular complexity index is 167. The molecule has 0 spiro atoms. The summed E-state index contributed by atoms with van der Waals surface area (Å²) in [6.45, 7) is 0. The van der Waals surface area contributed by atoms with E-state index in [1.165, 1.54) is 0 Å². The van der Waals surface area contributed by atoms with Gasteiger partial charge in [0.25, 0.3) is 0 Å². The van der Waals surface area contributed by atoms with Crippen LogP contribution in [-0.4, -0.2) is 110 Å². The van der Waals surface area contributed by atoms with Gasteiger partial charge in [-0.05, 0) is 6.16 Å². The summed E-state index contributed by atoms with van der Waals surface area (Å²) in [7, 11) is -5.17. The maximum absolute atomic E-state index is 8.52. The predicted octanol–water partition coefficient (Wildman–Crippen LogP) is -4.79. The molecule has 0 fully saturated rings. The Morgan fingerprint density at radius 3 is 1.00 bits per heavy atom. The number of carbonyl (C=O) groups excluding carboxylic acids is 1. The van der Waals surface area contributed by atoms with E-state index in [4.69, 9.17) is 32.5 Å². The van der Waals surface area contributed by atoms with Gasteiger partial charge in [-0.2, -0.15) is 0 Å². The SMILES string of the molecule is O=C([O-])[O-].O=S(=O)([O-])[O-].[Ba+2].[Ca+2].[O-2].[O-2].[Ti+4]. The third-order valence-corrected chi connectivity index (χ3v) is 0. The van der Waals surface area contributed by atoms with Gasteiger partial charge in [-0.1, -0.05) is 0 Å². The van der Waals surface area contributed by atoms with Gasteiger partial charge < -0.3 is 35.1 Å². The molecule has 0 aliphatic carbocycles. The van der Waals surface area contributed by atoms with Crippen molar-refractivity contribution in [2.75, 3.05) is 0 Å². The minimum Gasteiger partial charge on any atom is -2.00 e. The number of hydrogen-bond donors (Lipinski definition) is 0. The van der Waals surface area contributed by atoms with E-state index in [1.807, 2.05) is 0 Å². The van der Waals surface area contributed by atoms with E-state index in [9.17, 15) is 0 Å². The fraction of sp³-hybridized carbons (Fsp3) is 0. The third kappa shape index (κ3) is 398. The molecule has 0 aromatic heterocycles. The van der Waals surface area contributed by atoms with E-state index in [1.54, 1.807) is 0 Å². The minimum atomic E-state index is -5.17. The molecule has 0 rings (SSSR count). The molecule has 9 nitrogen and oxygen atoms in total. The van der Waals surface area contributed by atoms with E-state index in [-0.39, 0.29) is 119 Å². The first-order chi connectivity index (χ1) is 3.73. The van der Waals surface area contributed by atoms with Gasteiger partial charge in [0.15, 0.2) is 0 Å². The molecule has 0 aromatic rings. The van der Waals surface area contributed by atoms with Crippen LogP contribution in [0, 0.1) is 0 Å². The summed E-state index contributed by atoms with van der Waals surface area (Å²) >= 11 is 0. The molecule has 0 unspecified atom stereocenters. The average Bonchev–Trinajstić information content (AvgIpc) is 1.19. The smallest absolute Gasteiger partial charge is 2.00 e. The molecule has 0 atom stereocenters. The summed E-state index contributed by atoms with van der Waals surface area (Å²) in [6, 6.07) is 0. The second-order valence-corrected chi connectivity index (χ2v) is 1.47. The molecule has 0 aliphatic heterocycles. The van der Waals surface area contributed by atoms with Crippen molar-refractivity contribution in [2.24, 2.45) is 0 Å². The van der Waals surface area contributed by atoms with Crippen LogP contribution >= 0.6 is 0 Å². The van der Waals surface area contributed by atoms with Crippen molar-refractivity contribution in [1.29, 1.82) is 0 Å². The Morgan fingerprint density at radius 1 is 1.00 bits per heavy atom. The largest absolute Gasteiger partial charge is 4.00 e. The van der Waals surface area contributed by atoms with Gasteiger partial charge in [0, 0.05) is 10.4 Å². The van der Waals surface area contributed by atoms with Crippen molar-refractivity contribution in [3.63, 3.8) is 0 Å². The summed E-state index contributed by atoms with van der Waals surface area (Å²) in [5, 5.41) is 16.7. The van der Waals surface area contributed by atoms with Gasteiger partial charge >= 0.3 is 108 Å². The Morgan fingerprint density at radius 2 is 1.00 bits per heavy atom. The molecular weight excluding hydrogens is 413 g/mol. The molecule has 0 heterocycles. The van der Waals surface area contributed by atoms with Crippen LogP contribution in [-0.2, 0) is 43.1 Å². The molecule has 0 aliphatic rings. The predicted molar refractivity (Wildman–Crippen MR) is 28.8 cm³/mol. The third-order valence-electron chi connectivity index (χ3n) is 0. The first-order valence-corrected chi connectivity index (χ1v) is 2.61. The zero-order chi connectivity index (χ0) is 8.08. The van der Waals surface area contributed by atoms with Crippen molar-refractivity contribution in [1.82, 2.24) is 0 Å². The fourth-order valence-electron chi connectivity index (χ4n) is 0. The van der Waals surface area contributed by atoms with Crippen LogP contribution < -0.4 is 10.2 Å². The monoisotopic (exact) mass is 414 g/mol. The molecule has 0 saturated heterocycles. The van der Waals surface area contributed by atoms with E-state index in [0.717, 1.165) is 0 Å². The summed E-state index contributed by atoms with van der Waals surface area (Å²) in [6.07, 6.45) is -2.33. The van der Waals surface area contributed by atoms with E-state index >= 15 is 0 Å². The minimum absolute atomic E-state index is 0. The summed E-state index contributed by atoms with van der Waals surface area (Å²) in [5.74, 6) is 0. The summed E-state index contributed by atoms with van der Waals surface area (Å²) < 4.78 is 34.1. The first kappa shape index (κ1) is 43.8. The fourth-order valence-corrected chi connectivity index (χ4v) is 0. The van der Waals surface area contributed by atoms with Gasteiger partial charge in [-0.3, -0.25) is 8.42 Å². The van der Waals surface area contributed by atoms with Crippen LogP contribution in [0.25, 0.3) is 0 Å². The normalized spacial score (nSPS) is 5.86. The average molecular weight is 413 g/mol. The van der Waals surface area contributed by atoms with Gasteiger partial charge in [0.1, 0.15) is 0 Å². The molecular formula is CBaCaO9STi. The molecule has 0 bridgehead atoms.